The Bertz CT molecular complexity index is 644. The van der Waals surface area contributed by atoms with Crippen molar-refractivity contribution in [3.8, 4) is 11.1 Å². The quantitative estimate of drug-likeness (QED) is 0.503. The van der Waals surface area contributed by atoms with Gasteiger partial charge in [0.15, 0.2) is 0 Å². The van der Waals surface area contributed by atoms with Crippen LogP contribution < -0.4 is 16.8 Å². The number of nitrogens with two attached hydrogens (primary N) is 2. The number of hydrogen-bond acceptors (Lipinski definition) is 5. The summed E-state index contributed by atoms with van der Waals surface area (Å²) in [4.78, 5) is 4.20. The molecule has 6 N–H and O–H groups in total. The van der Waals surface area contributed by atoms with E-state index in [-0.39, 0.29) is 0 Å². The van der Waals surface area contributed by atoms with Gasteiger partial charge in [0.2, 0.25) is 0 Å². The summed E-state index contributed by atoms with van der Waals surface area (Å²) in [7, 11) is 1.79. The van der Waals surface area contributed by atoms with Crippen LogP contribution in [0.5, 0.6) is 0 Å². The molecule has 0 amide bonds. The van der Waals surface area contributed by atoms with E-state index in [1.807, 2.05) is 30.3 Å². The predicted octanol–water partition coefficient (Wildman–Crippen LogP) is 2.12. The van der Waals surface area contributed by atoms with Gasteiger partial charge in [-0.25, -0.2) is 4.98 Å². The van der Waals surface area contributed by atoms with Crippen LogP contribution in [-0.4, -0.2) is 18.2 Å². The van der Waals surface area contributed by atoms with Crippen molar-refractivity contribution in [2.24, 2.45) is 0 Å². The molecule has 0 aliphatic rings. The molecule has 2 rings (SSSR count). The number of nitrogens with one attached hydrogen (secondary N) is 2. The lowest BCUT2D eigenvalue weighted by Crippen LogP contribution is -2.00. The highest BCUT2D eigenvalue weighted by molar-refractivity contribution is 6.08. The van der Waals surface area contributed by atoms with E-state index in [0.29, 0.717) is 11.5 Å². The van der Waals surface area contributed by atoms with E-state index < -0.39 is 0 Å². The molecule has 1 heterocycles. The Morgan fingerprint density at radius 2 is 1.95 bits per heavy atom. The number of nitrogens with zero attached hydrogens (tertiary/aromatic N) is 1. The lowest BCUT2D eigenvalue weighted by molar-refractivity contribution is 1.11. The second-order valence-electron chi connectivity index (χ2n) is 4.31. The molecule has 0 radical (unpaired) electrons. The van der Waals surface area contributed by atoms with Crippen LogP contribution in [0.4, 0.5) is 11.5 Å². The maximum atomic E-state index is 7.45. The number of benzene rings is 1. The summed E-state index contributed by atoms with van der Waals surface area (Å²) < 4.78 is 0. The van der Waals surface area contributed by atoms with E-state index >= 15 is 0 Å². The molecule has 1 aromatic heterocycles. The van der Waals surface area contributed by atoms with Crippen molar-refractivity contribution < 1.29 is 0 Å². The highest BCUT2D eigenvalue weighted by atomic mass is 14.8. The summed E-state index contributed by atoms with van der Waals surface area (Å²) in [5.41, 5.74) is 15.7. The van der Waals surface area contributed by atoms with Crippen LogP contribution >= 0.6 is 0 Å². The first-order chi connectivity index (χ1) is 9.65. The van der Waals surface area contributed by atoms with E-state index in [4.69, 9.17) is 16.9 Å². The maximum absolute atomic E-state index is 7.45. The zero-order valence-corrected chi connectivity index (χ0v) is 11.2. The summed E-state index contributed by atoms with van der Waals surface area (Å²) in [6.45, 7) is 0. The standard InChI is InChI=1S/C15H17N5/c1-19-8-12(7-16)11-6-14(15(18)20-9-11)10-2-4-13(17)5-3-10/h2-9,16,19H,17H2,1H3,(H2,18,20)/b12-8+,16-7?. The van der Waals surface area contributed by atoms with Crippen LogP contribution in [0.15, 0.2) is 42.7 Å². The van der Waals surface area contributed by atoms with Crippen molar-refractivity contribution in [1.82, 2.24) is 10.3 Å². The molecule has 0 fully saturated rings. The maximum Gasteiger partial charge on any atom is 0.131 e. The molecule has 0 aliphatic carbocycles. The third-order valence-electron chi connectivity index (χ3n) is 2.93. The number of hydrogen-bond donors (Lipinski definition) is 4. The Morgan fingerprint density at radius 3 is 2.55 bits per heavy atom. The molecule has 0 saturated carbocycles. The fraction of sp³-hybridized carbons (Fsp3) is 0.0667. The molecular formula is C15H17N5. The number of nitrogen functional groups attached to an aromatic ring is 2. The predicted molar refractivity (Wildman–Crippen MR) is 84.3 cm³/mol. The highest BCUT2D eigenvalue weighted by Crippen LogP contribution is 2.27. The van der Waals surface area contributed by atoms with Crippen molar-refractivity contribution in [1.29, 1.82) is 5.41 Å². The van der Waals surface area contributed by atoms with Crippen LogP contribution in [0, 0.1) is 5.41 Å². The largest absolute Gasteiger partial charge is 0.399 e. The second-order valence-corrected chi connectivity index (χ2v) is 4.31. The van der Waals surface area contributed by atoms with Gasteiger partial charge in [-0.3, -0.25) is 0 Å². The molecule has 20 heavy (non-hydrogen) atoms. The number of anilines is 2. The van der Waals surface area contributed by atoms with Gasteiger partial charge in [0.25, 0.3) is 0 Å². The van der Waals surface area contributed by atoms with Crippen molar-refractivity contribution in [3.05, 3.63) is 48.3 Å². The highest BCUT2D eigenvalue weighted by Gasteiger charge is 2.07. The van der Waals surface area contributed by atoms with Gasteiger partial charge < -0.3 is 22.2 Å². The second kappa shape index (κ2) is 5.88. The minimum atomic E-state index is 0.451. The molecular weight excluding hydrogens is 250 g/mol. The number of rotatable bonds is 4. The van der Waals surface area contributed by atoms with Gasteiger partial charge in [0.1, 0.15) is 5.82 Å². The smallest absolute Gasteiger partial charge is 0.131 e. The van der Waals surface area contributed by atoms with Gasteiger partial charge >= 0.3 is 0 Å². The molecule has 0 bridgehead atoms. The van der Waals surface area contributed by atoms with Crippen molar-refractivity contribution in [3.63, 3.8) is 0 Å². The Hall–Kier alpha value is -2.82. The number of pyridine rings is 1. The Balaban J connectivity index is 2.51. The monoisotopic (exact) mass is 267 g/mol. The molecule has 0 aliphatic heterocycles. The van der Waals surface area contributed by atoms with Gasteiger partial charge in [-0.15, -0.1) is 0 Å². The van der Waals surface area contributed by atoms with E-state index in [9.17, 15) is 0 Å². The lowest BCUT2D eigenvalue weighted by Gasteiger charge is -2.09. The summed E-state index contributed by atoms with van der Waals surface area (Å²) >= 11 is 0. The summed E-state index contributed by atoms with van der Waals surface area (Å²) in [6.07, 6.45) is 4.67. The van der Waals surface area contributed by atoms with Crippen LogP contribution in [0.2, 0.25) is 0 Å². The van der Waals surface area contributed by atoms with Crippen molar-refractivity contribution >= 4 is 23.3 Å². The summed E-state index contributed by atoms with van der Waals surface area (Å²) in [5, 5.41) is 10.4. The fourth-order valence-electron chi connectivity index (χ4n) is 1.89. The van der Waals surface area contributed by atoms with Gasteiger partial charge in [0, 0.05) is 48.0 Å². The zero-order chi connectivity index (χ0) is 14.5. The number of allylic oxidation sites excluding steroid dienone is 1. The minimum Gasteiger partial charge on any atom is -0.399 e. The summed E-state index contributed by atoms with van der Waals surface area (Å²) in [5.74, 6) is 0.451. The van der Waals surface area contributed by atoms with Gasteiger partial charge in [-0.2, -0.15) is 0 Å². The van der Waals surface area contributed by atoms with Crippen molar-refractivity contribution in [2.45, 2.75) is 0 Å². The summed E-state index contributed by atoms with van der Waals surface area (Å²) in [6, 6.07) is 9.36. The van der Waals surface area contributed by atoms with E-state index in [2.05, 4.69) is 10.3 Å². The van der Waals surface area contributed by atoms with Crippen LogP contribution in [0.1, 0.15) is 5.56 Å². The Labute approximate surface area is 117 Å². The molecule has 2 aromatic rings. The van der Waals surface area contributed by atoms with Crippen LogP contribution in [0.25, 0.3) is 16.7 Å². The average molecular weight is 267 g/mol. The topological polar surface area (TPSA) is 101 Å². The average Bonchev–Trinajstić information content (AvgIpc) is 2.46. The minimum absolute atomic E-state index is 0.451. The van der Waals surface area contributed by atoms with Crippen LogP contribution in [-0.2, 0) is 0 Å². The van der Waals surface area contributed by atoms with Gasteiger partial charge in [-0.05, 0) is 23.8 Å². The molecule has 0 saturated heterocycles. The third kappa shape index (κ3) is 2.77. The first kappa shape index (κ1) is 13.6. The first-order valence-corrected chi connectivity index (χ1v) is 6.15. The van der Waals surface area contributed by atoms with Crippen molar-refractivity contribution in [2.75, 3.05) is 18.5 Å². The van der Waals surface area contributed by atoms with Gasteiger partial charge in [-0.1, -0.05) is 12.1 Å². The van der Waals surface area contributed by atoms with E-state index in [1.165, 1.54) is 6.21 Å². The van der Waals surface area contributed by atoms with Gasteiger partial charge in [0.05, 0.1) is 0 Å². The molecule has 102 valence electrons. The fourth-order valence-corrected chi connectivity index (χ4v) is 1.89. The molecule has 0 atom stereocenters. The molecule has 1 aromatic carbocycles. The normalized spacial score (nSPS) is 11.2. The molecule has 5 nitrogen and oxygen atoms in total. The SMILES string of the molecule is CN/C=C(\C=N)c1cnc(N)c(-c2ccc(N)cc2)c1. The third-order valence-corrected chi connectivity index (χ3v) is 2.93. The first-order valence-electron chi connectivity index (χ1n) is 6.15. The lowest BCUT2D eigenvalue weighted by atomic mass is 10.0. The molecule has 5 heteroatoms. The van der Waals surface area contributed by atoms with E-state index in [1.54, 1.807) is 19.4 Å². The zero-order valence-electron chi connectivity index (χ0n) is 11.2. The van der Waals surface area contributed by atoms with E-state index in [0.717, 1.165) is 22.3 Å². The Morgan fingerprint density at radius 1 is 1.25 bits per heavy atom. The molecule has 0 unspecified atom stereocenters. The molecule has 0 spiro atoms. The van der Waals surface area contributed by atoms with Crippen LogP contribution in [0.3, 0.4) is 0 Å². The Kier molecular flexibility index (Phi) is 4.00. The number of aromatic nitrogens is 1.